The van der Waals surface area contributed by atoms with E-state index in [-0.39, 0.29) is 22.9 Å². The zero-order chi connectivity index (χ0) is 27.4. The van der Waals surface area contributed by atoms with E-state index in [1.807, 2.05) is 60.7 Å². The van der Waals surface area contributed by atoms with Crippen molar-refractivity contribution < 1.29 is 19.1 Å². The van der Waals surface area contributed by atoms with E-state index in [2.05, 4.69) is 20.8 Å². The van der Waals surface area contributed by atoms with Gasteiger partial charge in [-0.15, -0.1) is 16.9 Å². The average molecular weight is 566 g/mol. The number of aromatic nitrogens is 4. The Hall–Kier alpha value is -3.68. The number of amides is 2. The molecule has 2 atom stereocenters. The van der Waals surface area contributed by atoms with Gasteiger partial charge in [0.2, 0.25) is 17.0 Å². The third-order valence-corrected chi connectivity index (χ3v) is 8.69. The fourth-order valence-corrected chi connectivity index (χ4v) is 6.69. The first-order valence-electron chi connectivity index (χ1n) is 12.3. The summed E-state index contributed by atoms with van der Waals surface area (Å²) in [5, 5.41) is 14.7. The van der Waals surface area contributed by atoms with Gasteiger partial charge in [-0.3, -0.25) is 14.5 Å². The minimum atomic E-state index is -0.660. The molecule has 0 radical (unpaired) electrons. The maximum Gasteiger partial charge on any atom is 0.356 e. The van der Waals surface area contributed by atoms with Crippen LogP contribution < -0.4 is 11.1 Å². The third kappa shape index (κ3) is 5.84. The molecule has 0 bridgehead atoms. The van der Waals surface area contributed by atoms with E-state index in [9.17, 15) is 14.4 Å². The second-order valence-corrected chi connectivity index (χ2v) is 11.0. The van der Waals surface area contributed by atoms with E-state index in [1.165, 1.54) is 35.3 Å². The minimum Gasteiger partial charge on any atom is -0.448 e. The second kappa shape index (κ2) is 12.0. The summed E-state index contributed by atoms with van der Waals surface area (Å²) < 4.78 is 7.72. The lowest BCUT2D eigenvalue weighted by molar-refractivity contribution is -0.153. The van der Waals surface area contributed by atoms with Crippen molar-refractivity contribution in [2.24, 2.45) is 5.73 Å². The van der Waals surface area contributed by atoms with Gasteiger partial charge in [0.1, 0.15) is 17.1 Å². The second-order valence-electron chi connectivity index (χ2n) is 8.95. The number of nitrogens with two attached hydrogens (primary N) is 1. The number of nitrogens with one attached hydrogen (secondary N) is 1. The Morgan fingerprint density at radius 3 is 2.46 bits per heavy atom. The summed E-state index contributed by atoms with van der Waals surface area (Å²) in [5.41, 5.74) is 8.66. The molecular weight excluding hydrogens is 538 g/mol. The Morgan fingerprint density at radius 2 is 1.82 bits per heavy atom. The van der Waals surface area contributed by atoms with E-state index in [4.69, 9.17) is 10.5 Å². The Bertz CT molecular complexity index is 1340. The van der Waals surface area contributed by atoms with E-state index in [1.54, 1.807) is 4.68 Å². The highest BCUT2D eigenvalue weighted by atomic mass is 32.2. The van der Waals surface area contributed by atoms with Gasteiger partial charge in [0, 0.05) is 25.0 Å². The summed E-state index contributed by atoms with van der Waals surface area (Å²) in [7, 11) is 0. The summed E-state index contributed by atoms with van der Waals surface area (Å²) in [6.45, 7) is 2.22. The number of nitrogens with zero attached hydrogens (tertiary/aromatic N) is 5. The summed E-state index contributed by atoms with van der Waals surface area (Å²) >= 11 is 2.87. The largest absolute Gasteiger partial charge is 0.448 e. The molecule has 1 fully saturated rings. The van der Waals surface area contributed by atoms with Crippen molar-refractivity contribution >= 4 is 41.3 Å². The lowest BCUT2D eigenvalue weighted by Gasteiger charge is -2.48. The van der Waals surface area contributed by atoms with Crippen molar-refractivity contribution in [3.05, 3.63) is 83.1 Å². The first kappa shape index (κ1) is 26.9. The molecule has 1 unspecified atom stereocenters. The third-order valence-electron chi connectivity index (χ3n) is 6.28. The van der Waals surface area contributed by atoms with Gasteiger partial charge in [-0.1, -0.05) is 72.4 Å². The normalized spacial score (nSPS) is 18.5. The lowest BCUT2D eigenvalue weighted by atomic mass is 10.0. The minimum absolute atomic E-state index is 0.138. The van der Waals surface area contributed by atoms with Crippen LogP contribution in [0.5, 0.6) is 0 Å². The zero-order valence-electron chi connectivity index (χ0n) is 21.1. The fourth-order valence-electron chi connectivity index (χ4n) is 4.36. The first-order chi connectivity index (χ1) is 18.9. The van der Waals surface area contributed by atoms with Crippen molar-refractivity contribution in [1.29, 1.82) is 0 Å². The van der Waals surface area contributed by atoms with Crippen molar-refractivity contribution in [3.8, 4) is 0 Å². The van der Waals surface area contributed by atoms with Crippen LogP contribution in [0.3, 0.4) is 0 Å². The van der Waals surface area contributed by atoms with Crippen LogP contribution in [0, 0.1) is 0 Å². The maximum absolute atomic E-state index is 13.8. The van der Waals surface area contributed by atoms with Gasteiger partial charge in [0.25, 0.3) is 0 Å². The number of thioether (sulfide) groups is 2. The van der Waals surface area contributed by atoms with Crippen molar-refractivity contribution in [2.45, 2.75) is 36.1 Å². The predicted molar refractivity (Wildman–Crippen MR) is 146 cm³/mol. The highest BCUT2D eigenvalue weighted by Crippen LogP contribution is 2.42. The monoisotopic (exact) mass is 565 g/mol. The van der Waals surface area contributed by atoms with Crippen molar-refractivity contribution in [2.75, 3.05) is 18.1 Å². The molecule has 0 aliphatic carbocycles. The number of β-lactam (4-membered cyclic amide) rings is 1. The molecule has 2 aliphatic heterocycles. The van der Waals surface area contributed by atoms with E-state index in [0.29, 0.717) is 29.8 Å². The summed E-state index contributed by atoms with van der Waals surface area (Å²) in [6.07, 6.45) is -0.652. The molecule has 202 valence electrons. The predicted octanol–water partition coefficient (Wildman–Crippen LogP) is 1.73. The van der Waals surface area contributed by atoms with Gasteiger partial charge < -0.3 is 15.8 Å². The van der Waals surface area contributed by atoms with Gasteiger partial charge in [0.15, 0.2) is 6.10 Å². The molecule has 2 aromatic carbocycles. The molecule has 0 spiro atoms. The lowest BCUT2D eigenvalue weighted by Crippen LogP contribution is -2.68. The van der Waals surface area contributed by atoms with Crippen LogP contribution in [0.2, 0.25) is 0 Å². The van der Waals surface area contributed by atoms with Crippen LogP contribution in [-0.4, -0.2) is 72.4 Å². The van der Waals surface area contributed by atoms with E-state index in [0.717, 1.165) is 16.7 Å². The van der Waals surface area contributed by atoms with Crippen molar-refractivity contribution in [1.82, 2.24) is 30.4 Å². The Kier molecular flexibility index (Phi) is 8.29. The Balaban J connectivity index is 1.41. The molecule has 39 heavy (non-hydrogen) atoms. The molecule has 5 rings (SSSR count). The van der Waals surface area contributed by atoms with Crippen molar-refractivity contribution in [3.63, 3.8) is 0 Å². The maximum atomic E-state index is 13.8. The van der Waals surface area contributed by atoms with Crippen LogP contribution in [0.4, 0.5) is 0 Å². The summed E-state index contributed by atoms with van der Waals surface area (Å²) in [4.78, 5) is 39.3. The van der Waals surface area contributed by atoms with Gasteiger partial charge in [-0.25, -0.2) is 9.48 Å². The number of carbonyl (C=O) groups excluding carboxylic acids is 3. The highest BCUT2D eigenvalue weighted by molar-refractivity contribution is 8.01. The van der Waals surface area contributed by atoms with Gasteiger partial charge in [0.05, 0.1) is 6.54 Å². The van der Waals surface area contributed by atoms with Crippen LogP contribution >= 0.6 is 23.5 Å². The zero-order valence-corrected chi connectivity index (χ0v) is 22.7. The number of esters is 1. The molecule has 1 saturated heterocycles. The molecular formula is C26H27N7O4S2. The number of fused-ring (bicyclic) bond motifs is 1. The standard InChI is InChI=1S/C26H27N7O4S2/c1-16(34)28-12-13-32-26(29-30-31-32)39-15-19-14-38-24-20(27)23(35)33(24)21(19)25(36)37-22(17-8-4-2-5-9-17)18-10-6-3-7-11-18/h2-11,20,22,24H,12-15,27H2,1H3,(H,28,34)/t20?,24-/m0/s1. The molecule has 3 N–H and O–H groups in total. The molecule has 2 amide bonds. The summed E-state index contributed by atoms with van der Waals surface area (Å²) in [5.74, 6) is -0.155. The van der Waals surface area contributed by atoms with Crippen LogP contribution in [0.1, 0.15) is 24.2 Å². The smallest absolute Gasteiger partial charge is 0.356 e. The summed E-state index contributed by atoms with van der Waals surface area (Å²) in [6, 6.07) is 18.3. The van der Waals surface area contributed by atoms with Crippen LogP contribution in [0.25, 0.3) is 0 Å². The molecule has 3 aromatic rings. The van der Waals surface area contributed by atoms with Crippen LogP contribution in [-0.2, 0) is 25.7 Å². The highest BCUT2D eigenvalue weighted by Gasteiger charge is 2.52. The Labute approximate surface area is 233 Å². The van der Waals surface area contributed by atoms with Gasteiger partial charge in [-0.2, -0.15) is 0 Å². The number of ether oxygens (including phenoxy) is 1. The molecule has 3 heterocycles. The fraction of sp³-hybridized carbons (Fsp3) is 0.308. The molecule has 2 aliphatic rings. The average Bonchev–Trinajstić information content (AvgIpc) is 3.41. The van der Waals surface area contributed by atoms with Gasteiger partial charge in [-0.05, 0) is 27.1 Å². The molecule has 11 nitrogen and oxygen atoms in total. The first-order valence-corrected chi connectivity index (χ1v) is 14.3. The SMILES string of the molecule is CC(=O)NCCn1nnnc1SCC1=C(C(=O)OC(c2ccccc2)c2ccccc2)N2C(=O)C(N)[C@@H]2SC1. The Morgan fingerprint density at radius 1 is 1.15 bits per heavy atom. The number of tetrazole rings is 1. The van der Waals surface area contributed by atoms with Crippen LogP contribution in [0.15, 0.2) is 77.1 Å². The molecule has 1 aromatic heterocycles. The molecule has 0 saturated carbocycles. The quantitative estimate of drug-likeness (QED) is 0.212. The van der Waals surface area contributed by atoms with Gasteiger partial charge >= 0.3 is 5.97 Å². The number of hydrogen-bond donors (Lipinski definition) is 2. The van der Waals surface area contributed by atoms with E-state index < -0.39 is 18.1 Å². The number of carbonyl (C=O) groups is 3. The van der Waals surface area contributed by atoms with E-state index >= 15 is 0 Å². The number of hydrogen-bond acceptors (Lipinski definition) is 10. The molecule has 13 heteroatoms. The topological polar surface area (TPSA) is 145 Å². The number of benzene rings is 2. The number of rotatable bonds is 10.